The molecule has 1 aliphatic carbocycles. The van der Waals surface area contributed by atoms with E-state index in [1.165, 1.54) is 22.4 Å². The van der Waals surface area contributed by atoms with Gasteiger partial charge < -0.3 is 0 Å². The first kappa shape index (κ1) is 11.9. The lowest BCUT2D eigenvalue weighted by Gasteiger charge is -2.32. The number of nitrogens with two attached hydrogens (primary N) is 1. The normalized spacial score (nSPS) is 19.1. The molecule has 3 N–H and O–H groups in total. The molecule has 1 aromatic heterocycles. The Labute approximate surface area is 112 Å². The maximum Gasteiger partial charge on any atom is 0.0264 e. The van der Waals surface area contributed by atoms with Gasteiger partial charge in [-0.25, -0.2) is 0 Å². The summed E-state index contributed by atoms with van der Waals surface area (Å²) in [6.45, 7) is 0. The van der Waals surface area contributed by atoms with Crippen LogP contribution in [-0.2, 0) is 12.8 Å². The van der Waals surface area contributed by atoms with Crippen molar-refractivity contribution in [1.29, 1.82) is 0 Å². The largest absolute Gasteiger partial charge is 0.271 e. The molecule has 2 unspecified atom stereocenters. The van der Waals surface area contributed by atoms with E-state index >= 15 is 0 Å². The molecule has 0 aliphatic heterocycles. The zero-order valence-electron chi connectivity index (χ0n) is 10.3. The topological polar surface area (TPSA) is 38.0 Å². The molecular weight excluding hydrogens is 240 g/mol. The lowest BCUT2D eigenvalue weighted by molar-refractivity contribution is 0.423. The van der Waals surface area contributed by atoms with Crippen molar-refractivity contribution >= 4 is 11.3 Å². The van der Waals surface area contributed by atoms with E-state index in [2.05, 4.69) is 47.2 Å². The molecule has 18 heavy (non-hydrogen) atoms. The molecule has 2 nitrogen and oxygen atoms in total. The van der Waals surface area contributed by atoms with E-state index in [1.807, 2.05) is 11.3 Å². The highest BCUT2D eigenvalue weighted by Crippen LogP contribution is 2.38. The summed E-state index contributed by atoms with van der Waals surface area (Å²) in [6.07, 6.45) is 3.37. The summed E-state index contributed by atoms with van der Waals surface area (Å²) < 4.78 is 0. The Bertz CT molecular complexity index is 507. The predicted octanol–water partition coefficient (Wildman–Crippen LogP) is 2.85. The first-order valence-electron chi connectivity index (χ1n) is 6.43. The van der Waals surface area contributed by atoms with Gasteiger partial charge in [0.15, 0.2) is 0 Å². The van der Waals surface area contributed by atoms with E-state index in [-0.39, 0.29) is 0 Å². The van der Waals surface area contributed by atoms with Crippen LogP contribution in [0.15, 0.2) is 41.8 Å². The van der Waals surface area contributed by atoms with Crippen LogP contribution in [-0.4, -0.2) is 6.04 Å². The van der Waals surface area contributed by atoms with Gasteiger partial charge >= 0.3 is 0 Å². The molecule has 0 amide bonds. The minimum atomic E-state index is 0.377. The third kappa shape index (κ3) is 2.34. The van der Waals surface area contributed by atoms with E-state index in [4.69, 9.17) is 5.84 Å². The van der Waals surface area contributed by atoms with Crippen molar-refractivity contribution in [3.63, 3.8) is 0 Å². The molecule has 0 bridgehead atoms. The van der Waals surface area contributed by atoms with Crippen LogP contribution in [0.2, 0.25) is 0 Å². The number of hydrogen-bond acceptors (Lipinski definition) is 3. The number of nitrogens with one attached hydrogen (secondary N) is 1. The number of fused-ring (bicyclic) bond motifs is 1. The van der Waals surface area contributed by atoms with Crippen molar-refractivity contribution in [2.45, 2.75) is 31.2 Å². The van der Waals surface area contributed by atoms with Gasteiger partial charge in [0.2, 0.25) is 0 Å². The molecule has 94 valence electrons. The molecule has 1 aliphatic rings. The Morgan fingerprint density at radius 2 is 2.17 bits per heavy atom. The second kappa shape index (κ2) is 5.22. The van der Waals surface area contributed by atoms with Crippen molar-refractivity contribution in [2.24, 2.45) is 5.84 Å². The lowest BCUT2D eigenvalue weighted by Crippen LogP contribution is -2.39. The van der Waals surface area contributed by atoms with E-state index in [0.717, 1.165) is 12.8 Å². The van der Waals surface area contributed by atoms with Gasteiger partial charge in [0.1, 0.15) is 0 Å². The molecule has 2 atom stereocenters. The average molecular weight is 258 g/mol. The second-order valence-corrected chi connectivity index (χ2v) is 6.01. The molecule has 1 heterocycles. The Morgan fingerprint density at radius 3 is 2.89 bits per heavy atom. The standard InChI is InChI=1S/C15H18N2S/c16-17-13(10-14-5-3-7-18-14)9-12-8-11-4-1-2-6-15(11)12/h1-7,12-13,17H,8-10,16H2. The van der Waals surface area contributed by atoms with E-state index in [1.54, 1.807) is 0 Å². The second-order valence-electron chi connectivity index (χ2n) is 4.98. The maximum atomic E-state index is 5.69. The molecule has 0 saturated heterocycles. The summed E-state index contributed by atoms with van der Waals surface area (Å²) in [4.78, 5) is 1.41. The highest BCUT2D eigenvalue weighted by molar-refractivity contribution is 7.09. The average Bonchev–Trinajstić information content (AvgIpc) is 2.87. The van der Waals surface area contributed by atoms with Crippen LogP contribution in [0.3, 0.4) is 0 Å². The van der Waals surface area contributed by atoms with Crippen LogP contribution in [0.25, 0.3) is 0 Å². The fourth-order valence-electron chi connectivity index (χ4n) is 2.80. The zero-order chi connectivity index (χ0) is 12.4. The fraction of sp³-hybridized carbons (Fsp3) is 0.333. The predicted molar refractivity (Wildman–Crippen MR) is 76.6 cm³/mol. The molecule has 0 spiro atoms. The van der Waals surface area contributed by atoms with E-state index < -0.39 is 0 Å². The number of hydrogen-bond donors (Lipinski definition) is 2. The Kier molecular flexibility index (Phi) is 3.46. The monoisotopic (exact) mass is 258 g/mol. The Morgan fingerprint density at radius 1 is 1.28 bits per heavy atom. The van der Waals surface area contributed by atoms with Crippen molar-refractivity contribution in [1.82, 2.24) is 5.43 Å². The van der Waals surface area contributed by atoms with E-state index in [0.29, 0.717) is 12.0 Å². The Hall–Kier alpha value is -1.16. The molecule has 0 saturated carbocycles. The van der Waals surface area contributed by atoms with Crippen LogP contribution in [0.5, 0.6) is 0 Å². The van der Waals surface area contributed by atoms with Gasteiger partial charge in [0.05, 0.1) is 0 Å². The van der Waals surface area contributed by atoms with Gasteiger partial charge in [-0.15, -0.1) is 11.3 Å². The first-order valence-corrected chi connectivity index (χ1v) is 7.31. The molecule has 2 aromatic rings. The van der Waals surface area contributed by atoms with Crippen molar-refractivity contribution < 1.29 is 0 Å². The molecule has 0 fully saturated rings. The molecule has 1 aromatic carbocycles. The minimum absolute atomic E-state index is 0.377. The van der Waals surface area contributed by atoms with Crippen molar-refractivity contribution in [3.05, 3.63) is 57.8 Å². The zero-order valence-corrected chi connectivity index (χ0v) is 11.1. The highest BCUT2D eigenvalue weighted by atomic mass is 32.1. The number of benzene rings is 1. The van der Waals surface area contributed by atoms with Crippen LogP contribution >= 0.6 is 11.3 Å². The fourth-order valence-corrected chi connectivity index (χ4v) is 3.58. The minimum Gasteiger partial charge on any atom is -0.271 e. The van der Waals surface area contributed by atoms with Crippen LogP contribution in [0.4, 0.5) is 0 Å². The van der Waals surface area contributed by atoms with E-state index in [9.17, 15) is 0 Å². The summed E-state index contributed by atoms with van der Waals surface area (Å²) in [5, 5.41) is 2.13. The number of thiophene rings is 1. The highest BCUT2D eigenvalue weighted by Gasteiger charge is 2.27. The van der Waals surface area contributed by atoms with Gasteiger partial charge in [0.25, 0.3) is 0 Å². The summed E-state index contributed by atoms with van der Waals surface area (Å²) in [7, 11) is 0. The maximum absolute atomic E-state index is 5.69. The van der Waals surface area contributed by atoms with Crippen LogP contribution < -0.4 is 11.3 Å². The third-order valence-corrected chi connectivity index (χ3v) is 4.69. The summed E-state index contributed by atoms with van der Waals surface area (Å²) in [5.41, 5.74) is 6.00. The smallest absolute Gasteiger partial charge is 0.0264 e. The van der Waals surface area contributed by atoms with Crippen LogP contribution in [0.1, 0.15) is 28.3 Å². The lowest BCUT2D eigenvalue weighted by atomic mass is 9.74. The number of rotatable bonds is 5. The SMILES string of the molecule is NNC(Cc1cccs1)CC1Cc2ccccc21. The third-order valence-electron chi connectivity index (χ3n) is 3.79. The first-order chi connectivity index (χ1) is 8.86. The van der Waals surface area contributed by atoms with Gasteiger partial charge in [-0.05, 0) is 47.8 Å². The quantitative estimate of drug-likeness (QED) is 0.639. The van der Waals surface area contributed by atoms with Gasteiger partial charge in [-0.1, -0.05) is 30.3 Å². The van der Waals surface area contributed by atoms with Gasteiger partial charge in [0, 0.05) is 10.9 Å². The molecule has 0 radical (unpaired) electrons. The number of hydrazine groups is 1. The summed E-state index contributed by atoms with van der Waals surface area (Å²) >= 11 is 1.81. The van der Waals surface area contributed by atoms with Gasteiger partial charge in [-0.2, -0.15) is 0 Å². The molecular formula is C15H18N2S. The van der Waals surface area contributed by atoms with Crippen molar-refractivity contribution in [3.8, 4) is 0 Å². The molecule has 3 heteroatoms. The van der Waals surface area contributed by atoms with Crippen molar-refractivity contribution in [2.75, 3.05) is 0 Å². The van der Waals surface area contributed by atoms with Gasteiger partial charge in [-0.3, -0.25) is 11.3 Å². The summed E-state index contributed by atoms with van der Waals surface area (Å²) in [6, 6.07) is 13.4. The summed E-state index contributed by atoms with van der Waals surface area (Å²) in [5.74, 6) is 6.37. The Balaban J connectivity index is 1.62. The van der Waals surface area contributed by atoms with Crippen LogP contribution in [0, 0.1) is 0 Å². The molecule has 3 rings (SSSR count).